The molecule has 0 aliphatic carbocycles. The number of rotatable bonds is 11. The Kier molecular flexibility index (Phi) is 9.38. The Morgan fingerprint density at radius 3 is 2.47 bits per heavy atom. The van der Waals surface area contributed by atoms with Gasteiger partial charge >= 0.3 is 0 Å². The number of hydrogen-bond donors (Lipinski definition) is 1. The zero-order chi connectivity index (χ0) is 22.9. The lowest BCUT2D eigenvalue weighted by atomic mass is 10.0. The maximum Gasteiger partial charge on any atom is 0.136 e. The number of aryl methyl sites for hydroxylation is 2. The van der Waals surface area contributed by atoms with E-state index in [1.807, 2.05) is 19.1 Å². The molecule has 0 bridgehead atoms. The van der Waals surface area contributed by atoms with Gasteiger partial charge in [0.25, 0.3) is 0 Å². The summed E-state index contributed by atoms with van der Waals surface area (Å²) in [6.07, 6.45) is 3.19. The van der Waals surface area contributed by atoms with Crippen molar-refractivity contribution in [2.24, 2.45) is 0 Å². The van der Waals surface area contributed by atoms with E-state index in [9.17, 15) is 9.50 Å². The number of aliphatic hydroxyl groups is 1. The molecule has 0 saturated carbocycles. The molecule has 2 heterocycles. The molecule has 1 saturated heterocycles. The fourth-order valence-electron chi connectivity index (χ4n) is 4.14. The van der Waals surface area contributed by atoms with Crippen LogP contribution in [0.15, 0.2) is 24.3 Å². The summed E-state index contributed by atoms with van der Waals surface area (Å²) in [7, 11) is 0. The molecule has 2 aromatic rings. The molecule has 32 heavy (non-hydrogen) atoms. The minimum atomic E-state index is -0.458. The van der Waals surface area contributed by atoms with Gasteiger partial charge in [-0.1, -0.05) is 32.4 Å². The first-order chi connectivity index (χ1) is 15.5. The Balaban J connectivity index is 1.65. The second-order valence-corrected chi connectivity index (χ2v) is 8.55. The first kappa shape index (κ1) is 24.6. The zero-order valence-electron chi connectivity index (χ0n) is 19.7. The summed E-state index contributed by atoms with van der Waals surface area (Å²) in [5.74, 6) is 1.54. The van der Waals surface area contributed by atoms with Gasteiger partial charge in [-0.05, 0) is 37.5 Å². The fourth-order valence-corrected chi connectivity index (χ4v) is 4.14. The molecule has 0 radical (unpaired) electrons. The largest absolute Gasteiger partial charge is 0.389 e. The number of β-amino-alcohol motifs (C(OH)–C–C–N with tert-alkyl or cyclic N) is 1. The van der Waals surface area contributed by atoms with Crippen molar-refractivity contribution in [3.8, 4) is 0 Å². The van der Waals surface area contributed by atoms with Crippen LogP contribution in [0.25, 0.3) is 0 Å². The maximum atomic E-state index is 13.4. The van der Waals surface area contributed by atoms with Gasteiger partial charge in [0, 0.05) is 57.0 Å². The molecular weight excluding hydrogens is 407 g/mol. The van der Waals surface area contributed by atoms with Crippen LogP contribution < -0.4 is 4.90 Å². The summed E-state index contributed by atoms with van der Waals surface area (Å²) in [6, 6.07) is 6.68. The van der Waals surface area contributed by atoms with E-state index < -0.39 is 6.10 Å². The van der Waals surface area contributed by atoms with Crippen LogP contribution in [-0.2, 0) is 17.6 Å². The van der Waals surface area contributed by atoms with Crippen LogP contribution in [0.2, 0.25) is 0 Å². The molecule has 0 amide bonds. The fraction of sp³-hybridized carbons (Fsp3) is 0.600. The number of anilines is 1. The molecular formula is C25H37FN4O2. The molecule has 1 aliphatic rings. The molecule has 1 aromatic carbocycles. The number of benzene rings is 1. The zero-order valence-corrected chi connectivity index (χ0v) is 19.7. The van der Waals surface area contributed by atoms with Crippen molar-refractivity contribution in [2.45, 2.75) is 52.6 Å². The van der Waals surface area contributed by atoms with Crippen molar-refractivity contribution in [2.75, 3.05) is 50.8 Å². The first-order valence-corrected chi connectivity index (χ1v) is 11.8. The number of aliphatic hydroxyl groups excluding tert-OH is 1. The van der Waals surface area contributed by atoms with Crippen LogP contribution in [0.1, 0.15) is 49.3 Å². The second kappa shape index (κ2) is 12.2. The van der Waals surface area contributed by atoms with Crippen molar-refractivity contribution < 1.29 is 14.2 Å². The van der Waals surface area contributed by atoms with Crippen molar-refractivity contribution in [1.29, 1.82) is 0 Å². The van der Waals surface area contributed by atoms with Gasteiger partial charge in [0.2, 0.25) is 0 Å². The molecule has 0 spiro atoms. The number of piperazine rings is 1. The van der Waals surface area contributed by atoms with E-state index in [0.29, 0.717) is 26.2 Å². The second-order valence-electron chi connectivity index (χ2n) is 8.55. The van der Waals surface area contributed by atoms with Crippen molar-refractivity contribution in [3.05, 3.63) is 52.7 Å². The van der Waals surface area contributed by atoms with Crippen LogP contribution in [0, 0.1) is 12.7 Å². The highest BCUT2D eigenvalue weighted by Crippen LogP contribution is 2.26. The van der Waals surface area contributed by atoms with Gasteiger partial charge in [0.15, 0.2) is 0 Å². The lowest BCUT2D eigenvalue weighted by Crippen LogP contribution is -2.49. The first-order valence-electron chi connectivity index (χ1n) is 11.8. The van der Waals surface area contributed by atoms with E-state index >= 15 is 0 Å². The molecule has 3 rings (SSSR count). The highest BCUT2D eigenvalue weighted by molar-refractivity contribution is 5.52. The monoisotopic (exact) mass is 444 g/mol. The summed E-state index contributed by atoms with van der Waals surface area (Å²) < 4.78 is 18.9. The van der Waals surface area contributed by atoms with E-state index in [0.717, 1.165) is 73.9 Å². The molecule has 0 unspecified atom stereocenters. The smallest absolute Gasteiger partial charge is 0.136 e. The predicted molar refractivity (Wildman–Crippen MR) is 126 cm³/mol. The lowest BCUT2D eigenvalue weighted by molar-refractivity contribution is 0.0150. The van der Waals surface area contributed by atoms with Crippen molar-refractivity contribution in [3.63, 3.8) is 0 Å². The van der Waals surface area contributed by atoms with Crippen LogP contribution in [0.3, 0.4) is 0 Å². The molecule has 176 valence electrons. The van der Waals surface area contributed by atoms with E-state index in [-0.39, 0.29) is 5.82 Å². The van der Waals surface area contributed by atoms with Gasteiger partial charge in [0.1, 0.15) is 17.5 Å². The number of halogens is 1. The Morgan fingerprint density at radius 1 is 1.09 bits per heavy atom. The Morgan fingerprint density at radius 2 is 1.81 bits per heavy atom. The van der Waals surface area contributed by atoms with Gasteiger partial charge in [-0.25, -0.2) is 14.4 Å². The highest BCUT2D eigenvalue weighted by Gasteiger charge is 2.24. The minimum Gasteiger partial charge on any atom is -0.389 e. The summed E-state index contributed by atoms with van der Waals surface area (Å²) >= 11 is 0. The minimum absolute atomic E-state index is 0.223. The third kappa shape index (κ3) is 6.95. The Labute approximate surface area is 191 Å². The van der Waals surface area contributed by atoms with E-state index in [1.54, 1.807) is 0 Å². The maximum absolute atomic E-state index is 13.4. The van der Waals surface area contributed by atoms with Crippen molar-refractivity contribution >= 4 is 5.82 Å². The summed E-state index contributed by atoms with van der Waals surface area (Å²) in [4.78, 5) is 14.1. The number of ether oxygens (including phenoxy) is 1. The molecule has 1 aromatic heterocycles. The van der Waals surface area contributed by atoms with Crippen molar-refractivity contribution in [1.82, 2.24) is 14.9 Å². The average Bonchev–Trinajstić information content (AvgIpc) is 2.79. The summed E-state index contributed by atoms with van der Waals surface area (Å²) in [6.45, 7) is 11.4. The molecule has 7 heteroatoms. The predicted octanol–water partition coefficient (Wildman–Crippen LogP) is 3.38. The molecule has 1 fully saturated rings. The third-order valence-electron chi connectivity index (χ3n) is 5.91. The molecule has 1 N–H and O–H groups in total. The standard InChI is InChI=1S/C25H37FN4O2/c1-4-6-15-32-18-22(31)17-29-11-13-30(14-12-29)25-23(24(5-2)27-19(3)28-25)16-20-7-9-21(26)10-8-20/h7-10,22,31H,4-6,11-18H2,1-3H3/t22-/m0/s1. The van der Waals surface area contributed by atoms with Gasteiger partial charge in [-0.2, -0.15) is 0 Å². The van der Waals surface area contributed by atoms with Gasteiger partial charge < -0.3 is 14.7 Å². The van der Waals surface area contributed by atoms with E-state index in [2.05, 4.69) is 28.6 Å². The molecule has 6 nitrogen and oxygen atoms in total. The Hall–Kier alpha value is -2.09. The topological polar surface area (TPSA) is 61.7 Å². The number of nitrogens with zero attached hydrogens (tertiary/aromatic N) is 4. The third-order valence-corrected chi connectivity index (χ3v) is 5.91. The van der Waals surface area contributed by atoms with Crippen LogP contribution in [0.5, 0.6) is 0 Å². The summed E-state index contributed by atoms with van der Waals surface area (Å²) in [5.41, 5.74) is 3.24. The van der Waals surface area contributed by atoms with Crippen LogP contribution in [0.4, 0.5) is 10.2 Å². The molecule has 1 atom stereocenters. The number of unbranched alkanes of at least 4 members (excludes halogenated alkanes) is 1. The van der Waals surface area contributed by atoms with Gasteiger partial charge in [-0.15, -0.1) is 0 Å². The van der Waals surface area contributed by atoms with Gasteiger partial charge in [-0.3, -0.25) is 4.90 Å². The molecule has 1 aliphatic heterocycles. The van der Waals surface area contributed by atoms with Gasteiger partial charge in [0.05, 0.1) is 12.7 Å². The van der Waals surface area contributed by atoms with E-state index in [4.69, 9.17) is 9.72 Å². The lowest BCUT2D eigenvalue weighted by Gasteiger charge is -2.37. The highest BCUT2D eigenvalue weighted by atomic mass is 19.1. The van der Waals surface area contributed by atoms with Crippen LogP contribution >= 0.6 is 0 Å². The number of hydrogen-bond acceptors (Lipinski definition) is 6. The Bertz CT molecular complexity index is 839. The number of aromatic nitrogens is 2. The quantitative estimate of drug-likeness (QED) is 0.536. The summed E-state index contributed by atoms with van der Waals surface area (Å²) in [5, 5.41) is 10.3. The van der Waals surface area contributed by atoms with Crippen LogP contribution in [-0.4, -0.2) is 72.0 Å². The normalized spacial score (nSPS) is 15.8. The average molecular weight is 445 g/mol. The van der Waals surface area contributed by atoms with E-state index in [1.165, 1.54) is 12.1 Å². The SMILES string of the molecule is CCCCOC[C@@H](O)CN1CCN(c2nc(C)nc(CC)c2Cc2ccc(F)cc2)CC1.